The number of aromatic hydroxyl groups is 1. The van der Waals surface area contributed by atoms with Gasteiger partial charge in [0.15, 0.2) is 0 Å². The first-order chi connectivity index (χ1) is 18.9. The predicted molar refractivity (Wildman–Crippen MR) is 148 cm³/mol. The largest absolute Gasteiger partial charge is 0.494 e. The van der Waals surface area contributed by atoms with Crippen LogP contribution in [-0.4, -0.2) is 44.6 Å². The summed E-state index contributed by atoms with van der Waals surface area (Å²) in [7, 11) is 0. The summed E-state index contributed by atoms with van der Waals surface area (Å²) >= 11 is 0. The molecule has 6 rings (SSSR count). The first kappa shape index (κ1) is 24.6. The van der Waals surface area contributed by atoms with Crippen molar-refractivity contribution in [2.24, 2.45) is 4.99 Å². The summed E-state index contributed by atoms with van der Waals surface area (Å²) in [5.74, 6) is -1.07. The number of imide groups is 1. The number of aryl methyl sites for hydroxylation is 2. The van der Waals surface area contributed by atoms with E-state index in [-0.39, 0.29) is 24.2 Å². The third-order valence-corrected chi connectivity index (χ3v) is 7.50. The summed E-state index contributed by atoms with van der Waals surface area (Å²) in [5.41, 5.74) is 6.41. The molecule has 0 fully saturated rings. The lowest BCUT2D eigenvalue weighted by atomic mass is 9.99. The van der Waals surface area contributed by atoms with E-state index in [1.54, 1.807) is 28.8 Å². The van der Waals surface area contributed by atoms with E-state index in [0.29, 0.717) is 46.6 Å². The SMILES string of the molecule is CCc1ccc(C2=NC(=O)c3c2c(O)n(CCCN2C(=O)c4ccccc4C2=O)c3-c2ccc(C)cc2)cc1. The van der Waals surface area contributed by atoms with Crippen LogP contribution in [0.3, 0.4) is 0 Å². The minimum atomic E-state index is -0.399. The van der Waals surface area contributed by atoms with Crippen LogP contribution in [0.25, 0.3) is 11.3 Å². The maximum absolute atomic E-state index is 13.3. The van der Waals surface area contributed by atoms with E-state index < -0.39 is 5.91 Å². The first-order valence-electron chi connectivity index (χ1n) is 13.1. The van der Waals surface area contributed by atoms with Crippen molar-refractivity contribution in [3.05, 3.63) is 112 Å². The average Bonchev–Trinajstić information content (AvgIpc) is 3.53. The lowest BCUT2D eigenvalue weighted by molar-refractivity contribution is 0.0650. The Kier molecular flexibility index (Phi) is 5.99. The van der Waals surface area contributed by atoms with E-state index in [1.165, 1.54) is 10.5 Å². The molecule has 3 heterocycles. The molecule has 0 spiro atoms. The van der Waals surface area contributed by atoms with Gasteiger partial charge in [-0.2, -0.15) is 0 Å². The first-order valence-corrected chi connectivity index (χ1v) is 13.1. The fraction of sp³-hybridized carbons (Fsp3) is 0.188. The second-order valence-electron chi connectivity index (χ2n) is 9.92. The Morgan fingerprint density at radius 2 is 1.38 bits per heavy atom. The van der Waals surface area contributed by atoms with E-state index in [4.69, 9.17) is 0 Å². The Hall–Kier alpha value is -4.78. The molecule has 7 nitrogen and oxygen atoms in total. The Morgan fingerprint density at radius 3 is 2.00 bits per heavy atom. The number of aliphatic imine (C=N–C) groups is 1. The van der Waals surface area contributed by atoms with Gasteiger partial charge < -0.3 is 9.67 Å². The van der Waals surface area contributed by atoms with Gasteiger partial charge in [0.2, 0.25) is 5.88 Å². The zero-order chi connectivity index (χ0) is 27.3. The van der Waals surface area contributed by atoms with Crippen LogP contribution in [-0.2, 0) is 13.0 Å². The molecule has 7 heteroatoms. The lowest BCUT2D eigenvalue weighted by Gasteiger charge is -2.16. The van der Waals surface area contributed by atoms with Crippen LogP contribution in [0.1, 0.15) is 66.7 Å². The highest BCUT2D eigenvalue weighted by Crippen LogP contribution is 2.41. The zero-order valence-corrected chi connectivity index (χ0v) is 21.8. The molecule has 0 bridgehead atoms. The normalized spacial score (nSPS) is 14.2. The number of fused-ring (bicyclic) bond motifs is 2. The summed E-state index contributed by atoms with van der Waals surface area (Å²) in [4.78, 5) is 44.5. The smallest absolute Gasteiger partial charge is 0.280 e. The minimum absolute atomic E-state index is 0.0490. The van der Waals surface area contributed by atoms with Crippen LogP contribution in [0.5, 0.6) is 5.88 Å². The molecule has 194 valence electrons. The van der Waals surface area contributed by atoms with Crippen LogP contribution < -0.4 is 0 Å². The topological polar surface area (TPSA) is 92.0 Å². The van der Waals surface area contributed by atoms with Crippen LogP contribution in [0.15, 0.2) is 77.8 Å². The fourth-order valence-electron chi connectivity index (χ4n) is 5.42. The van der Waals surface area contributed by atoms with Crippen molar-refractivity contribution in [3.63, 3.8) is 0 Å². The Morgan fingerprint density at radius 1 is 0.769 bits per heavy atom. The van der Waals surface area contributed by atoms with Gasteiger partial charge in [-0.1, -0.05) is 73.2 Å². The number of rotatable bonds is 7. The second kappa shape index (κ2) is 9.51. The van der Waals surface area contributed by atoms with E-state index >= 15 is 0 Å². The molecule has 1 aromatic heterocycles. The number of carbonyl (C=O) groups excluding carboxylic acids is 3. The molecule has 0 radical (unpaired) electrons. The molecule has 0 saturated carbocycles. The van der Waals surface area contributed by atoms with Gasteiger partial charge in [-0.25, -0.2) is 4.99 Å². The van der Waals surface area contributed by atoms with Gasteiger partial charge in [0.05, 0.1) is 33.7 Å². The maximum Gasteiger partial charge on any atom is 0.280 e. The van der Waals surface area contributed by atoms with Gasteiger partial charge in [0, 0.05) is 18.7 Å². The molecule has 0 unspecified atom stereocenters. The summed E-state index contributed by atoms with van der Waals surface area (Å²) in [6.45, 7) is 4.55. The van der Waals surface area contributed by atoms with Crippen molar-refractivity contribution in [2.45, 2.75) is 33.2 Å². The summed E-state index contributed by atoms with van der Waals surface area (Å²) < 4.78 is 1.71. The van der Waals surface area contributed by atoms with Crippen molar-refractivity contribution in [1.82, 2.24) is 9.47 Å². The third-order valence-electron chi connectivity index (χ3n) is 7.50. The molecule has 2 aliphatic rings. The maximum atomic E-state index is 13.3. The number of hydrogen-bond donors (Lipinski definition) is 1. The Labute approximate surface area is 226 Å². The van der Waals surface area contributed by atoms with Crippen molar-refractivity contribution in [2.75, 3.05) is 6.54 Å². The second-order valence-corrected chi connectivity index (χ2v) is 9.92. The van der Waals surface area contributed by atoms with E-state index in [2.05, 4.69) is 11.9 Å². The van der Waals surface area contributed by atoms with E-state index in [0.717, 1.165) is 23.1 Å². The minimum Gasteiger partial charge on any atom is -0.494 e. The van der Waals surface area contributed by atoms with Gasteiger partial charge in [-0.3, -0.25) is 19.3 Å². The average molecular weight is 518 g/mol. The highest BCUT2D eigenvalue weighted by Gasteiger charge is 2.37. The van der Waals surface area contributed by atoms with E-state index in [9.17, 15) is 19.5 Å². The van der Waals surface area contributed by atoms with Gasteiger partial charge in [0.25, 0.3) is 17.7 Å². The van der Waals surface area contributed by atoms with Gasteiger partial charge in [-0.05, 0) is 43.0 Å². The molecule has 0 atom stereocenters. The molecule has 1 N–H and O–H groups in total. The predicted octanol–water partition coefficient (Wildman–Crippen LogP) is 5.41. The molecule has 3 amide bonds. The highest BCUT2D eigenvalue weighted by atomic mass is 16.3. The molecular formula is C32H27N3O4. The van der Waals surface area contributed by atoms with Crippen LogP contribution in [0.2, 0.25) is 0 Å². The third kappa shape index (κ3) is 3.98. The van der Waals surface area contributed by atoms with Crippen molar-refractivity contribution in [3.8, 4) is 17.1 Å². The van der Waals surface area contributed by atoms with Gasteiger partial charge in [0.1, 0.15) is 0 Å². The monoisotopic (exact) mass is 517 g/mol. The molecular weight excluding hydrogens is 490 g/mol. The van der Waals surface area contributed by atoms with Gasteiger partial charge in [-0.15, -0.1) is 0 Å². The summed E-state index contributed by atoms with van der Waals surface area (Å²) in [5, 5.41) is 11.5. The van der Waals surface area contributed by atoms with Crippen LogP contribution in [0, 0.1) is 6.92 Å². The number of aromatic nitrogens is 1. The van der Waals surface area contributed by atoms with Crippen LogP contribution >= 0.6 is 0 Å². The number of nitrogens with zero attached hydrogens (tertiary/aromatic N) is 3. The van der Waals surface area contributed by atoms with Crippen molar-refractivity contribution in [1.29, 1.82) is 0 Å². The number of amides is 3. The summed E-state index contributed by atoms with van der Waals surface area (Å²) in [6.07, 6.45) is 1.29. The molecule has 3 aromatic carbocycles. The van der Waals surface area contributed by atoms with Crippen LogP contribution in [0.4, 0.5) is 0 Å². The van der Waals surface area contributed by atoms with Crippen molar-refractivity contribution < 1.29 is 19.5 Å². The number of carbonyl (C=O) groups is 3. The number of hydrogen-bond acceptors (Lipinski definition) is 4. The molecule has 4 aromatic rings. The number of benzene rings is 3. The Balaban J connectivity index is 1.36. The molecule has 39 heavy (non-hydrogen) atoms. The van der Waals surface area contributed by atoms with Gasteiger partial charge >= 0.3 is 0 Å². The van der Waals surface area contributed by atoms with Crippen molar-refractivity contribution >= 4 is 23.4 Å². The Bertz CT molecular complexity index is 1640. The van der Waals surface area contributed by atoms with E-state index in [1.807, 2.05) is 55.5 Å². The molecule has 2 aliphatic heterocycles. The summed E-state index contributed by atoms with van der Waals surface area (Å²) in [6, 6.07) is 22.4. The lowest BCUT2D eigenvalue weighted by Crippen LogP contribution is -2.31. The molecule has 0 saturated heterocycles. The standard InChI is InChI=1S/C32H27N3O4/c1-3-20-11-15-21(16-12-20)27-25-26(29(36)33-27)28(22-13-9-19(2)10-14-22)34(32(25)39)17-6-18-35-30(37)23-7-4-5-8-24(23)31(35)38/h4-5,7-16,39H,3,6,17-18H2,1-2H3. The zero-order valence-electron chi connectivity index (χ0n) is 21.8. The fourth-order valence-corrected chi connectivity index (χ4v) is 5.42. The quantitative estimate of drug-likeness (QED) is 0.332. The molecule has 0 aliphatic carbocycles. The highest BCUT2D eigenvalue weighted by molar-refractivity contribution is 6.30.